The molecule has 0 unspecified atom stereocenters. The summed E-state index contributed by atoms with van der Waals surface area (Å²) in [6.45, 7) is 0. The van der Waals surface area contributed by atoms with Crippen LogP contribution < -0.4 is 0 Å². The van der Waals surface area contributed by atoms with Gasteiger partial charge in [-0.25, -0.2) is 0 Å². The molecule has 2 aromatic rings. The summed E-state index contributed by atoms with van der Waals surface area (Å²) in [5.74, 6) is 0. The summed E-state index contributed by atoms with van der Waals surface area (Å²) in [7, 11) is 0. The van der Waals surface area contributed by atoms with Gasteiger partial charge in [-0.05, 0) is 0 Å². The van der Waals surface area contributed by atoms with Gasteiger partial charge in [0.05, 0.1) is 0 Å². The van der Waals surface area contributed by atoms with E-state index in [4.69, 9.17) is 0 Å². The second-order valence-corrected chi connectivity index (χ2v) is 5.68. The summed E-state index contributed by atoms with van der Waals surface area (Å²) in [4.78, 5) is 0. The fourth-order valence-corrected chi connectivity index (χ4v) is 3.96. The third-order valence-corrected chi connectivity index (χ3v) is 5.07. The number of rotatable bonds is 0. The second kappa shape index (κ2) is 8.14. The quantitative estimate of drug-likeness (QED) is 0.396. The van der Waals surface area contributed by atoms with Gasteiger partial charge in [-0.3, -0.25) is 0 Å². The summed E-state index contributed by atoms with van der Waals surface area (Å²) >= 11 is 10.5. The van der Waals surface area contributed by atoms with Crippen molar-refractivity contribution in [3.63, 3.8) is 0 Å². The minimum atomic E-state index is 0.697. The van der Waals surface area contributed by atoms with E-state index in [1.54, 1.807) is 0 Å². The fraction of sp³-hybridized carbons (Fsp3) is 0.200. The average molecular weight is 445 g/mol. The number of fused-ring (bicyclic) bond motifs is 3. The van der Waals surface area contributed by atoms with Gasteiger partial charge < -0.3 is 0 Å². The van der Waals surface area contributed by atoms with E-state index in [9.17, 15) is 0 Å². The van der Waals surface area contributed by atoms with E-state index in [1.165, 1.54) is 59.4 Å². The summed E-state index contributed by atoms with van der Waals surface area (Å²) in [6, 6.07) is 17.6. The van der Waals surface area contributed by atoms with Crippen LogP contribution in [0.1, 0.15) is 14.8 Å². The molecule has 3 heteroatoms. The molecule has 1 aliphatic carbocycles. The molecule has 0 fully saturated rings. The van der Waals surface area contributed by atoms with Crippen LogP contribution in [0.3, 0.4) is 0 Å². The zero-order valence-electron chi connectivity index (χ0n) is 10.5. The van der Waals surface area contributed by atoms with Crippen molar-refractivity contribution in [2.24, 2.45) is 0 Å². The number of hydrogen-bond acceptors (Lipinski definition) is 0. The van der Waals surface area contributed by atoms with Crippen molar-refractivity contribution in [1.82, 2.24) is 0 Å². The molecule has 0 radical (unpaired) electrons. The van der Waals surface area contributed by atoms with E-state index >= 15 is 0 Å². The van der Waals surface area contributed by atoms with Crippen LogP contribution in [0, 0.1) is 0 Å². The van der Waals surface area contributed by atoms with Crippen molar-refractivity contribution in [2.75, 3.05) is 12.8 Å². The monoisotopic (exact) mass is 445 g/mol. The Morgan fingerprint density at radius 3 is 1.44 bits per heavy atom. The molecule has 3 rings (SSSR count). The number of benzene rings is 2. The van der Waals surface area contributed by atoms with Crippen LogP contribution in [-0.2, 0) is 24.4 Å². The molecule has 0 aliphatic heterocycles. The third-order valence-electron chi connectivity index (χ3n) is 2.83. The summed E-state index contributed by atoms with van der Waals surface area (Å²) < 4.78 is 0.697. The molecule has 1 aliphatic rings. The minimum absolute atomic E-state index is 0.697. The maximum atomic E-state index is 4.64. The molecule has 0 spiro atoms. The van der Waals surface area contributed by atoms with E-state index in [1.807, 2.05) is 0 Å². The predicted molar refractivity (Wildman–Crippen MR) is 77.3 cm³/mol. The fourth-order valence-electron chi connectivity index (χ4n) is 2.16. The molecular formula is C15H15Cl2Hf. The van der Waals surface area contributed by atoms with Gasteiger partial charge in [0, 0.05) is 12.8 Å². The Kier molecular flexibility index (Phi) is 7.21. The first kappa shape index (κ1) is 15.9. The SMILES string of the molecule is CCl.CCl.[Hf][CH]1c2ccccc2-c2ccccc21. The van der Waals surface area contributed by atoms with Gasteiger partial charge in [-0.1, -0.05) is 0 Å². The van der Waals surface area contributed by atoms with Crippen LogP contribution in [0.25, 0.3) is 11.1 Å². The number of alkyl halides is 2. The molecule has 0 heterocycles. The van der Waals surface area contributed by atoms with E-state index in [2.05, 4.69) is 71.7 Å². The zero-order valence-corrected chi connectivity index (χ0v) is 15.6. The molecule has 0 atom stereocenters. The summed E-state index contributed by atoms with van der Waals surface area (Å²) in [5, 5.41) is 0. The van der Waals surface area contributed by atoms with E-state index in [0.717, 1.165) is 0 Å². The molecule has 0 aromatic heterocycles. The first-order chi connectivity index (χ1) is 8.88. The van der Waals surface area contributed by atoms with Crippen LogP contribution in [-0.4, -0.2) is 12.8 Å². The summed E-state index contributed by atoms with van der Waals surface area (Å²) in [5.41, 5.74) is 5.95. The van der Waals surface area contributed by atoms with Gasteiger partial charge >= 0.3 is 98.8 Å². The zero-order chi connectivity index (χ0) is 13.5. The van der Waals surface area contributed by atoms with Gasteiger partial charge in [0.25, 0.3) is 0 Å². The standard InChI is InChI=1S/C13H9.2CH3Cl.Hf/c1-3-7-12-10(5-1)9-11-6-2-4-8-13(11)12;2*1-2;/h1-9H;2*1H3;. The van der Waals surface area contributed by atoms with Gasteiger partial charge in [-0.2, -0.15) is 0 Å². The van der Waals surface area contributed by atoms with Crippen LogP contribution in [0.2, 0.25) is 0 Å². The van der Waals surface area contributed by atoms with Crippen molar-refractivity contribution in [3.05, 3.63) is 59.7 Å². The molecule has 0 saturated carbocycles. The van der Waals surface area contributed by atoms with E-state index in [0.29, 0.717) is 3.67 Å². The van der Waals surface area contributed by atoms with Crippen LogP contribution in [0.15, 0.2) is 48.5 Å². The normalized spacial score (nSPS) is 11.3. The first-order valence-electron chi connectivity index (χ1n) is 5.53. The third kappa shape index (κ3) is 3.07. The Hall–Kier alpha value is -0.110. The number of hydrogen-bond donors (Lipinski definition) is 0. The Labute approximate surface area is 134 Å². The molecule has 18 heavy (non-hydrogen) atoms. The Bertz CT molecular complexity index is 452. The van der Waals surface area contributed by atoms with Crippen molar-refractivity contribution >= 4 is 23.2 Å². The topological polar surface area (TPSA) is 0 Å². The molecule has 0 saturated heterocycles. The van der Waals surface area contributed by atoms with Gasteiger partial charge in [0.2, 0.25) is 0 Å². The van der Waals surface area contributed by atoms with Crippen molar-refractivity contribution in [1.29, 1.82) is 0 Å². The Morgan fingerprint density at radius 2 is 1.06 bits per heavy atom. The number of halogens is 2. The van der Waals surface area contributed by atoms with Crippen molar-refractivity contribution in [3.8, 4) is 11.1 Å². The predicted octanol–water partition coefficient (Wildman–Crippen LogP) is 5.01. The Balaban J connectivity index is 0.000000371. The van der Waals surface area contributed by atoms with Gasteiger partial charge in [0.1, 0.15) is 0 Å². The van der Waals surface area contributed by atoms with Gasteiger partial charge in [0.15, 0.2) is 0 Å². The van der Waals surface area contributed by atoms with Crippen LogP contribution in [0.5, 0.6) is 0 Å². The molecule has 2 aromatic carbocycles. The first-order valence-corrected chi connectivity index (χ1v) is 9.11. The molecule has 0 N–H and O–H groups in total. The van der Waals surface area contributed by atoms with E-state index < -0.39 is 0 Å². The van der Waals surface area contributed by atoms with Crippen LogP contribution >= 0.6 is 23.2 Å². The molecule has 0 nitrogen and oxygen atoms in total. The Morgan fingerprint density at radius 1 is 0.722 bits per heavy atom. The average Bonchev–Trinajstić information content (AvgIpc) is 2.78. The van der Waals surface area contributed by atoms with Gasteiger partial charge in [-0.15, -0.1) is 23.2 Å². The molecular weight excluding hydrogens is 430 g/mol. The molecule has 0 bridgehead atoms. The van der Waals surface area contributed by atoms with Crippen molar-refractivity contribution in [2.45, 2.75) is 3.67 Å². The second-order valence-electron chi connectivity index (χ2n) is 3.61. The van der Waals surface area contributed by atoms with E-state index in [-0.39, 0.29) is 0 Å². The van der Waals surface area contributed by atoms with Crippen molar-refractivity contribution < 1.29 is 24.4 Å². The molecule has 93 valence electrons. The maximum absolute atomic E-state index is 4.64. The van der Waals surface area contributed by atoms with Crippen LogP contribution in [0.4, 0.5) is 0 Å². The summed E-state index contributed by atoms with van der Waals surface area (Å²) in [6.07, 6.45) is 2.94. The molecule has 0 amide bonds.